The normalized spacial score (nSPS) is 33.2. The van der Waals surface area contributed by atoms with Crippen molar-refractivity contribution in [3.63, 3.8) is 0 Å². The topological polar surface area (TPSA) is 121 Å². The van der Waals surface area contributed by atoms with Crippen LogP contribution in [0.25, 0.3) is 0 Å². The molecule has 0 saturated carbocycles. The first-order valence-electron chi connectivity index (χ1n) is 9.61. The largest absolute Gasteiger partial charge is 0.477 e. The van der Waals surface area contributed by atoms with Gasteiger partial charge in [-0.1, -0.05) is 12.1 Å². The molecule has 3 aliphatic heterocycles. The maximum absolute atomic E-state index is 12.4. The molecule has 1 aromatic rings. The average molecular weight is 407 g/mol. The van der Waals surface area contributed by atoms with Crippen molar-refractivity contribution in [2.45, 2.75) is 56.7 Å². The highest BCUT2D eigenvalue weighted by Crippen LogP contribution is 2.51. The second-order valence-electron chi connectivity index (χ2n) is 7.81. The Balaban J connectivity index is 1.42. The predicted molar refractivity (Wildman–Crippen MR) is 102 cm³/mol. The third-order valence-electron chi connectivity index (χ3n) is 5.96. The summed E-state index contributed by atoms with van der Waals surface area (Å²) in [7, 11) is 0. The van der Waals surface area contributed by atoms with Gasteiger partial charge in [0.15, 0.2) is 0 Å². The van der Waals surface area contributed by atoms with Gasteiger partial charge in [0.25, 0.3) is 0 Å². The van der Waals surface area contributed by atoms with Gasteiger partial charge < -0.3 is 20.4 Å². The zero-order valence-electron chi connectivity index (χ0n) is 15.9. The highest BCUT2D eigenvalue weighted by atomic mass is 32.2. The number of carbonyl (C=O) groups is 2. The van der Waals surface area contributed by atoms with Crippen LogP contribution in [0.3, 0.4) is 0 Å². The molecule has 9 nitrogen and oxygen atoms in total. The van der Waals surface area contributed by atoms with E-state index in [0.717, 1.165) is 30.8 Å². The summed E-state index contributed by atoms with van der Waals surface area (Å²) in [6, 6.07) is 0.0923. The van der Waals surface area contributed by atoms with Crippen molar-refractivity contribution in [3.8, 4) is 0 Å². The first-order chi connectivity index (χ1) is 13.4. The van der Waals surface area contributed by atoms with Crippen LogP contribution in [0.1, 0.15) is 26.7 Å². The number of β-lactam (4-membered cyclic amide) rings is 1. The van der Waals surface area contributed by atoms with Gasteiger partial charge in [-0.15, -0.1) is 16.9 Å². The number of carbonyl (C=O) groups excluding carboxylic acids is 1. The van der Waals surface area contributed by atoms with E-state index in [4.69, 9.17) is 0 Å². The van der Waals surface area contributed by atoms with E-state index in [-0.39, 0.29) is 28.8 Å². The number of fused-ring (bicyclic) bond motifs is 1. The van der Waals surface area contributed by atoms with Crippen LogP contribution >= 0.6 is 11.8 Å². The van der Waals surface area contributed by atoms with Crippen LogP contribution < -0.4 is 5.32 Å². The molecule has 152 valence electrons. The Morgan fingerprint density at radius 1 is 1.50 bits per heavy atom. The number of carboxylic acids is 1. The second kappa shape index (κ2) is 7.49. The molecule has 0 aromatic carbocycles. The highest BCUT2D eigenvalue weighted by Gasteiger charge is 2.60. The summed E-state index contributed by atoms with van der Waals surface area (Å²) in [5.74, 6) is -1.94. The molecule has 0 radical (unpaired) electrons. The molecule has 0 aliphatic carbocycles. The number of nitrogens with zero attached hydrogens (tertiary/aromatic N) is 4. The predicted octanol–water partition coefficient (Wildman–Crippen LogP) is 0.286. The summed E-state index contributed by atoms with van der Waals surface area (Å²) in [5, 5.41) is 31.2. The summed E-state index contributed by atoms with van der Waals surface area (Å²) >= 11 is 1.58. The van der Waals surface area contributed by atoms with Crippen molar-refractivity contribution < 1.29 is 19.8 Å². The number of aliphatic carboxylic acids is 1. The maximum atomic E-state index is 12.4. The molecule has 4 heterocycles. The zero-order valence-corrected chi connectivity index (χ0v) is 16.7. The van der Waals surface area contributed by atoms with E-state index in [0.29, 0.717) is 6.04 Å². The molecule has 4 rings (SSSR count). The van der Waals surface area contributed by atoms with Crippen molar-refractivity contribution in [1.29, 1.82) is 0 Å². The van der Waals surface area contributed by atoms with Crippen LogP contribution in [0.2, 0.25) is 0 Å². The molecular weight excluding hydrogens is 382 g/mol. The lowest BCUT2D eigenvalue weighted by atomic mass is 9.79. The third-order valence-corrected chi connectivity index (χ3v) is 7.48. The van der Waals surface area contributed by atoms with E-state index in [2.05, 4.69) is 15.6 Å². The number of hydrogen-bond donors (Lipinski definition) is 3. The highest BCUT2D eigenvalue weighted by molar-refractivity contribution is 8.03. The molecule has 2 fully saturated rings. The van der Waals surface area contributed by atoms with Crippen molar-refractivity contribution in [2.24, 2.45) is 11.8 Å². The zero-order chi connectivity index (χ0) is 20.0. The molecule has 28 heavy (non-hydrogen) atoms. The Hall–Kier alpha value is -1.91. The number of aliphatic hydroxyl groups is 1. The van der Waals surface area contributed by atoms with Crippen molar-refractivity contribution in [2.75, 3.05) is 6.54 Å². The van der Waals surface area contributed by atoms with Gasteiger partial charge in [0.2, 0.25) is 5.91 Å². The summed E-state index contributed by atoms with van der Waals surface area (Å²) in [6.07, 6.45) is 4.59. The molecular formula is C18H25N5O4S. The third kappa shape index (κ3) is 3.23. The molecule has 1 aromatic heterocycles. The van der Waals surface area contributed by atoms with Crippen LogP contribution in [0.4, 0.5) is 0 Å². The monoisotopic (exact) mass is 407 g/mol. The van der Waals surface area contributed by atoms with Gasteiger partial charge in [0, 0.05) is 41.4 Å². The molecule has 10 heteroatoms. The first-order valence-corrected chi connectivity index (χ1v) is 10.5. The molecule has 0 spiro atoms. The summed E-state index contributed by atoms with van der Waals surface area (Å²) in [5.41, 5.74) is 0.107. The van der Waals surface area contributed by atoms with Gasteiger partial charge in [-0.25, -0.2) is 4.79 Å². The molecule has 6 atom stereocenters. The lowest BCUT2D eigenvalue weighted by Crippen LogP contribution is -2.63. The number of rotatable bonds is 7. The number of aryl methyl sites for hydroxylation is 1. The number of carboxylic acid groups (broad SMARTS) is 1. The summed E-state index contributed by atoms with van der Waals surface area (Å²) in [6.45, 7) is 5.14. The number of thioether (sulfide) groups is 1. The molecule has 1 amide bonds. The molecule has 3 N–H and O–H groups in total. The van der Waals surface area contributed by atoms with Gasteiger partial charge in [-0.05, 0) is 19.8 Å². The molecule has 0 bridgehead atoms. The van der Waals surface area contributed by atoms with E-state index in [1.807, 2.05) is 13.1 Å². The van der Waals surface area contributed by atoms with Gasteiger partial charge in [0.1, 0.15) is 5.70 Å². The van der Waals surface area contributed by atoms with Gasteiger partial charge in [0.05, 0.1) is 24.3 Å². The average Bonchev–Trinajstić information content (AvgIpc) is 3.34. The SMILES string of the molecule is C[C@@H](O)[C@H]1C(=O)N2C(C(=O)O)=C(S[C@@H]3CN[C@H](CCn4ccnn4)C3)[C@H](C)[C@H]12. The summed E-state index contributed by atoms with van der Waals surface area (Å²) < 4.78 is 1.80. The van der Waals surface area contributed by atoms with E-state index in [1.165, 1.54) is 4.90 Å². The van der Waals surface area contributed by atoms with Crippen LogP contribution in [0, 0.1) is 11.8 Å². The fourth-order valence-corrected chi connectivity index (χ4v) is 6.11. The Labute approximate surface area is 167 Å². The van der Waals surface area contributed by atoms with E-state index >= 15 is 0 Å². The second-order valence-corrected chi connectivity index (χ2v) is 9.15. The van der Waals surface area contributed by atoms with Gasteiger partial charge in [-0.2, -0.15) is 0 Å². The fourth-order valence-electron chi connectivity index (χ4n) is 4.59. The standard InChI is InChI=1S/C18H25N5O4S/c1-9-14-13(10(2)24)17(25)23(14)15(18(26)27)16(9)28-12-7-11(19-8-12)3-5-22-6-4-20-21-22/h4,6,9-14,19,24H,3,5,7-8H2,1-2H3,(H,26,27)/t9-,10-,11-,12+,13-,14-/m1/s1. The van der Waals surface area contributed by atoms with E-state index in [9.17, 15) is 19.8 Å². The minimum atomic E-state index is -1.07. The smallest absolute Gasteiger partial charge is 0.353 e. The Kier molecular flexibility index (Phi) is 5.19. The lowest BCUT2D eigenvalue weighted by Gasteiger charge is -2.46. The van der Waals surface area contributed by atoms with E-state index < -0.39 is 18.0 Å². The van der Waals surface area contributed by atoms with Gasteiger partial charge in [-0.3, -0.25) is 9.48 Å². The van der Waals surface area contributed by atoms with Crippen LogP contribution in [0.5, 0.6) is 0 Å². The quantitative estimate of drug-likeness (QED) is 0.552. The number of nitrogens with one attached hydrogen (secondary N) is 1. The van der Waals surface area contributed by atoms with Crippen LogP contribution in [-0.4, -0.2) is 72.0 Å². The maximum Gasteiger partial charge on any atom is 0.353 e. The Bertz CT molecular complexity index is 796. The summed E-state index contributed by atoms with van der Waals surface area (Å²) in [4.78, 5) is 26.4. The van der Waals surface area contributed by atoms with Crippen molar-refractivity contribution >= 4 is 23.6 Å². The van der Waals surface area contributed by atoms with E-state index in [1.54, 1.807) is 29.6 Å². The molecule has 2 saturated heterocycles. The minimum Gasteiger partial charge on any atom is -0.477 e. The lowest BCUT2D eigenvalue weighted by molar-refractivity contribution is -0.163. The van der Waals surface area contributed by atoms with Crippen LogP contribution in [0.15, 0.2) is 23.0 Å². The van der Waals surface area contributed by atoms with Crippen molar-refractivity contribution in [3.05, 3.63) is 23.0 Å². The first kappa shape index (κ1) is 19.4. The Morgan fingerprint density at radius 3 is 2.93 bits per heavy atom. The fraction of sp³-hybridized carbons (Fsp3) is 0.667. The molecule has 0 unspecified atom stereocenters. The van der Waals surface area contributed by atoms with Crippen molar-refractivity contribution in [1.82, 2.24) is 25.2 Å². The number of hydrogen-bond acceptors (Lipinski definition) is 7. The Morgan fingerprint density at radius 2 is 2.29 bits per heavy atom. The number of aromatic nitrogens is 3. The number of amides is 1. The number of aliphatic hydroxyl groups excluding tert-OH is 1. The minimum absolute atomic E-state index is 0.0809. The van der Waals surface area contributed by atoms with Crippen LogP contribution in [-0.2, 0) is 16.1 Å². The van der Waals surface area contributed by atoms with Gasteiger partial charge >= 0.3 is 5.97 Å². The molecule has 3 aliphatic rings.